The quantitative estimate of drug-likeness (QED) is 0.857. The normalized spacial score (nSPS) is 11.7. The van der Waals surface area contributed by atoms with Crippen molar-refractivity contribution in [2.24, 2.45) is 5.73 Å². The van der Waals surface area contributed by atoms with Crippen LogP contribution in [0, 0.1) is 0 Å². The monoisotopic (exact) mass is 284 g/mol. The van der Waals surface area contributed by atoms with Crippen LogP contribution in [0.15, 0.2) is 54.6 Å². The molecular weight excluding hydrogens is 264 g/mol. The first-order valence-electron chi connectivity index (χ1n) is 7.03. The minimum atomic E-state index is -0.349. The summed E-state index contributed by atoms with van der Waals surface area (Å²) in [5.41, 5.74) is 7.40. The van der Waals surface area contributed by atoms with Crippen LogP contribution >= 0.6 is 0 Å². The number of carbonyl (C=O) groups is 1. The molecule has 110 valence electrons. The van der Waals surface area contributed by atoms with E-state index in [1.165, 1.54) is 0 Å². The molecule has 1 atom stereocenters. The van der Waals surface area contributed by atoms with E-state index in [1.807, 2.05) is 61.5 Å². The Morgan fingerprint density at radius 3 is 2.38 bits per heavy atom. The van der Waals surface area contributed by atoms with E-state index < -0.39 is 0 Å². The molecule has 2 aromatic rings. The number of amides is 1. The Bertz CT molecular complexity index is 567. The molecule has 1 unspecified atom stereocenters. The molecule has 0 bridgehead atoms. The Morgan fingerprint density at radius 2 is 1.81 bits per heavy atom. The molecule has 4 nitrogen and oxygen atoms in total. The van der Waals surface area contributed by atoms with E-state index in [2.05, 4.69) is 5.32 Å². The number of ether oxygens (including phenoxy) is 1. The highest BCUT2D eigenvalue weighted by atomic mass is 16.5. The van der Waals surface area contributed by atoms with Crippen LogP contribution in [0.3, 0.4) is 0 Å². The maximum Gasteiger partial charge on any atom is 0.233 e. The Hall–Kier alpha value is -2.33. The lowest BCUT2D eigenvalue weighted by Gasteiger charge is -2.15. The van der Waals surface area contributed by atoms with E-state index in [1.54, 1.807) is 0 Å². The molecule has 3 N–H and O–H groups in total. The van der Waals surface area contributed by atoms with Crippen molar-refractivity contribution >= 4 is 11.6 Å². The number of anilines is 1. The van der Waals surface area contributed by atoms with Crippen molar-refractivity contribution in [1.82, 2.24) is 0 Å². The largest absolute Gasteiger partial charge is 0.494 e. The van der Waals surface area contributed by atoms with Crippen molar-refractivity contribution in [1.29, 1.82) is 0 Å². The molecule has 0 aliphatic carbocycles. The Morgan fingerprint density at radius 1 is 1.14 bits per heavy atom. The highest BCUT2D eigenvalue weighted by Crippen LogP contribution is 2.19. The summed E-state index contributed by atoms with van der Waals surface area (Å²) in [5.74, 6) is 0.333. The Kier molecular flexibility index (Phi) is 5.35. The number of hydrogen-bond acceptors (Lipinski definition) is 3. The van der Waals surface area contributed by atoms with Crippen LogP contribution in [-0.4, -0.2) is 19.1 Å². The van der Waals surface area contributed by atoms with Gasteiger partial charge in [-0.3, -0.25) is 4.79 Å². The van der Waals surface area contributed by atoms with E-state index in [9.17, 15) is 4.79 Å². The fourth-order valence-corrected chi connectivity index (χ4v) is 2.11. The number of benzene rings is 2. The van der Waals surface area contributed by atoms with E-state index >= 15 is 0 Å². The smallest absolute Gasteiger partial charge is 0.233 e. The van der Waals surface area contributed by atoms with Gasteiger partial charge in [0, 0.05) is 12.2 Å². The molecule has 0 aliphatic heterocycles. The lowest BCUT2D eigenvalue weighted by atomic mass is 9.98. The zero-order valence-electron chi connectivity index (χ0n) is 12.1. The van der Waals surface area contributed by atoms with Crippen LogP contribution < -0.4 is 15.8 Å². The van der Waals surface area contributed by atoms with Crippen LogP contribution in [0.2, 0.25) is 0 Å². The highest BCUT2D eigenvalue weighted by Gasteiger charge is 2.18. The molecule has 0 spiro atoms. The van der Waals surface area contributed by atoms with Crippen molar-refractivity contribution in [3.8, 4) is 5.75 Å². The molecule has 0 fully saturated rings. The van der Waals surface area contributed by atoms with E-state index in [-0.39, 0.29) is 18.4 Å². The summed E-state index contributed by atoms with van der Waals surface area (Å²) in [4.78, 5) is 12.3. The molecule has 0 saturated carbocycles. The second kappa shape index (κ2) is 7.45. The summed E-state index contributed by atoms with van der Waals surface area (Å²) in [5, 5.41) is 2.89. The van der Waals surface area contributed by atoms with E-state index in [0.29, 0.717) is 6.61 Å². The Balaban J connectivity index is 2.05. The molecule has 0 saturated heterocycles. The van der Waals surface area contributed by atoms with E-state index in [4.69, 9.17) is 10.5 Å². The van der Waals surface area contributed by atoms with Crippen LogP contribution in [0.4, 0.5) is 5.69 Å². The fourth-order valence-electron chi connectivity index (χ4n) is 2.11. The van der Waals surface area contributed by atoms with Gasteiger partial charge in [-0.1, -0.05) is 30.3 Å². The first kappa shape index (κ1) is 15.1. The van der Waals surface area contributed by atoms with Gasteiger partial charge in [0.15, 0.2) is 0 Å². The minimum Gasteiger partial charge on any atom is -0.494 e. The fraction of sp³-hybridized carbons (Fsp3) is 0.235. The van der Waals surface area contributed by atoms with Crippen LogP contribution in [-0.2, 0) is 4.79 Å². The number of nitrogens with one attached hydrogen (secondary N) is 1. The standard InChI is InChI=1S/C17H20N2O2/c1-2-21-15-10-8-14(9-11-15)19-17(20)16(12-18)13-6-4-3-5-7-13/h3-11,16H,2,12,18H2,1H3,(H,19,20). The van der Waals surface area contributed by atoms with Crippen LogP contribution in [0.25, 0.3) is 0 Å². The number of hydrogen-bond donors (Lipinski definition) is 2. The van der Waals surface area contributed by atoms with Crippen LogP contribution in [0.5, 0.6) is 5.75 Å². The van der Waals surface area contributed by atoms with Gasteiger partial charge in [-0.25, -0.2) is 0 Å². The molecule has 0 radical (unpaired) electrons. The third-order valence-electron chi connectivity index (χ3n) is 3.19. The van der Waals surface area contributed by atoms with Gasteiger partial charge >= 0.3 is 0 Å². The molecule has 21 heavy (non-hydrogen) atoms. The summed E-state index contributed by atoms with van der Waals surface area (Å²) in [7, 11) is 0. The maximum atomic E-state index is 12.3. The van der Waals surface area contributed by atoms with Crippen molar-refractivity contribution in [2.75, 3.05) is 18.5 Å². The van der Waals surface area contributed by atoms with Crippen molar-refractivity contribution in [3.63, 3.8) is 0 Å². The zero-order chi connectivity index (χ0) is 15.1. The molecule has 4 heteroatoms. The van der Waals surface area contributed by atoms with Gasteiger partial charge in [-0.15, -0.1) is 0 Å². The third-order valence-corrected chi connectivity index (χ3v) is 3.19. The molecule has 0 heterocycles. The summed E-state index contributed by atoms with van der Waals surface area (Å²) >= 11 is 0. The second-order valence-electron chi connectivity index (χ2n) is 4.65. The average molecular weight is 284 g/mol. The molecule has 2 rings (SSSR count). The van der Waals surface area contributed by atoms with Crippen molar-refractivity contribution in [2.45, 2.75) is 12.8 Å². The topological polar surface area (TPSA) is 64.3 Å². The second-order valence-corrected chi connectivity index (χ2v) is 4.65. The zero-order valence-corrected chi connectivity index (χ0v) is 12.1. The first-order valence-corrected chi connectivity index (χ1v) is 7.03. The highest BCUT2D eigenvalue weighted by molar-refractivity contribution is 5.96. The molecule has 1 amide bonds. The number of rotatable bonds is 6. The van der Waals surface area contributed by atoms with Crippen molar-refractivity contribution < 1.29 is 9.53 Å². The molecule has 2 aromatic carbocycles. The SMILES string of the molecule is CCOc1ccc(NC(=O)C(CN)c2ccccc2)cc1. The van der Waals surface area contributed by atoms with Crippen LogP contribution in [0.1, 0.15) is 18.4 Å². The van der Waals surface area contributed by atoms with Gasteiger partial charge in [0.25, 0.3) is 0 Å². The van der Waals surface area contributed by atoms with Gasteiger partial charge in [-0.05, 0) is 36.8 Å². The molecular formula is C17H20N2O2. The van der Waals surface area contributed by atoms with Gasteiger partial charge in [-0.2, -0.15) is 0 Å². The summed E-state index contributed by atoms with van der Waals surface area (Å²) in [6, 6.07) is 16.9. The predicted octanol–water partition coefficient (Wildman–Crippen LogP) is 2.77. The summed E-state index contributed by atoms with van der Waals surface area (Å²) < 4.78 is 5.37. The predicted molar refractivity (Wildman–Crippen MR) is 84.5 cm³/mol. The van der Waals surface area contributed by atoms with Crippen molar-refractivity contribution in [3.05, 3.63) is 60.2 Å². The number of nitrogens with two attached hydrogens (primary N) is 1. The van der Waals surface area contributed by atoms with Gasteiger partial charge in [0.2, 0.25) is 5.91 Å². The first-order chi connectivity index (χ1) is 10.2. The average Bonchev–Trinajstić information content (AvgIpc) is 2.51. The minimum absolute atomic E-state index is 0.104. The maximum absolute atomic E-state index is 12.3. The van der Waals surface area contributed by atoms with E-state index in [0.717, 1.165) is 17.0 Å². The van der Waals surface area contributed by atoms with Gasteiger partial charge < -0.3 is 15.8 Å². The summed E-state index contributed by atoms with van der Waals surface area (Å²) in [6.07, 6.45) is 0. The lowest BCUT2D eigenvalue weighted by Crippen LogP contribution is -2.27. The number of carbonyl (C=O) groups excluding carboxylic acids is 1. The Labute approximate surface area is 124 Å². The lowest BCUT2D eigenvalue weighted by molar-refractivity contribution is -0.117. The summed E-state index contributed by atoms with van der Waals surface area (Å²) in [6.45, 7) is 2.82. The third kappa shape index (κ3) is 4.07. The van der Waals surface area contributed by atoms with Gasteiger partial charge in [0.1, 0.15) is 5.75 Å². The molecule has 0 aliphatic rings. The van der Waals surface area contributed by atoms with Gasteiger partial charge in [0.05, 0.1) is 12.5 Å². The molecule has 0 aromatic heterocycles.